The molecule has 32 heavy (non-hydrogen) atoms. The Balaban J connectivity index is 0.000000269. The predicted octanol–water partition coefficient (Wildman–Crippen LogP) is 4.27. The first-order valence-electron chi connectivity index (χ1n) is 10.2. The Morgan fingerprint density at radius 2 is 1.81 bits per heavy atom. The van der Waals surface area contributed by atoms with Crippen LogP contribution in [-0.2, 0) is 11.2 Å². The van der Waals surface area contributed by atoms with Gasteiger partial charge in [0.2, 0.25) is 5.91 Å². The molecule has 1 amide bonds. The van der Waals surface area contributed by atoms with Crippen molar-refractivity contribution >= 4 is 23.4 Å². The summed E-state index contributed by atoms with van der Waals surface area (Å²) in [5.74, 6) is -0.418. The number of nitrogens with zero attached hydrogens (tertiary/aromatic N) is 3. The standard InChI is InChI=1S/C19H19NO3.C6H5N3/c1-12-3-4-17-11-16(9-10-18(17)20(12)13(2)21)14-5-7-15(8-6-14)19(22)23;7-3-5-1-2-6(8)9-4-5/h5-12H,3-4H2,1-2H3,(H,22,23);1-2,4H,(H2,8,9)/t12-;/m0./s1. The lowest BCUT2D eigenvalue weighted by Crippen LogP contribution is -2.40. The van der Waals surface area contributed by atoms with Gasteiger partial charge >= 0.3 is 5.97 Å². The molecule has 0 aliphatic carbocycles. The third kappa shape index (κ3) is 5.10. The number of anilines is 2. The summed E-state index contributed by atoms with van der Waals surface area (Å²) >= 11 is 0. The molecule has 1 aliphatic rings. The Morgan fingerprint density at radius 3 is 2.38 bits per heavy atom. The van der Waals surface area contributed by atoms with Crippen molar-refractivity contribution in [3.63, 3.8) is 0 Å². The lowest BCUT2D eigenvalue weighted by Gasteiger charge is -2.34. The number of carbonyl (C=O) groups is 2. The van der Waals surface area contributed by atoms with E-state index in [1.165, 1.54) is 6.20 Å². The molecule has 2 aromatic carbocycles. The van der Waals surface area contributed by atoms with Crippen LogP contribution in [0.1, 0.15) is 41.8 Å². The van der Waals surface area contributed by atoms with Crippen LogP contribution in [0.4, 0.5) is 11.5 Å². The van der Waals surface area contributed by atoms with Crippen LogP contribution in [0.25, 0.3) is 11.1 Å². The number of nitrogen functional groups attached to an aromatic ring is 1. The third-order valence-electron chi connectivity index (χ3n) is 5.33. The second-order valence-corrected chi connectivity index (χ2v) is 7.59. The van der Waals surface area contributed by atoms with Crippen LogP contribution < -0.4 is 10.6 Å². The number of benzene rings is 2. The van der Waals surface area contributed by atoms with E-state index in [2.05, 4.69) is 18.0 Å². The van der Waals surface area contributed by atoms with Crippen LogP contribution in [0, 0.1) is 11.3 Å². The summed E-state index contributed by atoms with van der Waals surface area (Å²) in [6, 6.07) is 18.3. The smallest absolute Gasteiger partial charge is 0.335 e. The lowest BCUT2D eigenvalue weighted by atomic mass is 9.93. The Labute approximate surface area is 186 Å². The number of hydrogen-bond acceptors (Lipinski definition) is 5. The van der Waals surface area contributed by atoms with E-state index < -0.39 is 5.97 Å². The number of nitrogens with two attached hydrogens (primary N) is 1. The first-order chi connectivity index (χ1) is 15.3. The minimum absolute atomic E-state index is 0.0667. The van der Waals surface area contributed by atoms with Crippen molar-refractivity contribution in [2.75, 3.05) is 10.6 Å². The average molecular weight is 428 g/mol. The van der Waals surface area contributed by atoms with Gasteiger partial charge < -0.3 is 15.7 Å². The molecule has 3 aromatic rings. The molecule has 1 atom stereocenters. The zero-order valence-electron chi connectivity index (χ0n) is 17.9. The number of carbonyl (C=O) groups excluding carboxylic acids is 1. The van der Waals surface area contributed by atoms with E-state index in [-0.39, 0.29) is 17.5 Å². The molecule has 7 heteroatoms. The molecule has 7 nitrogen and oxygen atoms in total. The average Bonchev–Trinajstić information content (AvgIpc) is 2.79. The predicted molar refractivity (Wildman–Crippen MR) is 123 cm³/mol. The maximum Gasteiger partial charge on any atom is 0.335 e. The molecule has 2 heterocycles. The summed E-state index contributed by atoms with van der Waals surface area (Å²) in [5.41, 5.74) is 10.2. The molecule has 0 fully saturated rings. The van der Waals surface area contributed by atoms with Crippen LogP contribution in [0.3, 0.4) is 0 Å². The van der Waals surface area contributed by atoms with Gasteiger partial charge in [-0.05, 0) is 72.9 Å². The maximum absolute atomic E-state index is 11.9. The highest BCUT2D eigenvalue weighted by atomic mass is 16.4. The minimum Gasteiger partial charge on any atom is -0.478 e. The van der Waals surface area contributed by atoms with Crippen molar-refractivity contribution in [3.05, 3.63) is 77.5 Å². The van der Waals surface area contributed by atoms with Crippen molar-refractivity contribution in [2.24, 2.45) is 0 Å². The van der Waals surface area contributed by atoms with E-state index in [4.69, 9.17) is 16.1 Å². The zero-order chi connectivity index (χ0) is 23.3. The summed E-state index contributed by atoms with van der Waals surface area (Å²) in [6.45, 7) is 3.67. The van der Waals surface area contributed by atoms with Crippen LogP contribution in [0.2, 0.25) is 0 Å². The molecule has 162 valence electrons. The van der Waals surface area contributed by atoms with Crippen LogP contribution in [-0.4, -0.2) is 28.0 Å². The molecule has 1 aliphatic heterocycles. The van der Waals surface area contributed by atoms with Crippen LogP contribution >= 0.6 is 0 Å². The number of pyridine rings is 1. The Bertz CT molecular complexity index is 1170. The van der Waals surface area contributed by atoms with Gasteiger partial charge in [-0.1, -0.05) is 18.2 Å². The van der Waals surface area contributed by atoms with Crippen molar-refractivity contribution in [2.45, 2.75) is 32.7 Å². The van der Waals surface area contributed by atoms with Crippen LogP contribution in [0.15, 0.2) is 60.8 Å². The molecule has 0 saturated carbocycles. The molecule has 0 bridgehead atoms. The third-order valence-corrected chi connectivity index (χ3v) is 5.33. The first kappa shape index (κ1) is 22.5. The summed E-state index contributed by atoms with van der Waals surface area (Å²) in [7, 11) is 0. The van der Waals surface area contributed by atoms with Gasteiger partial charge in [0.05, 0.1) is 11.1 Å². The van der Waals surface area contributed by atoms with Gasteiger partial charge in [-0.3, -0.25) is 4.79 Å². The summed E-state index contributed by atoms with van der Waals surface area (Å²) in [4.78, 5) is 28.4. The van der Waals surface area contributed by atoms with E-state index in [9.17, 15) is 9.59 Å². The summed E-state index contributed by atoms with van der Waals surface area (Å²) in [5, 5.41) is 17.3. The molecule has 0 saturated heterocycles. The minimum atomic E-state index is -0.923. The number of nitriles is 1. The fourth-order valence-corrected chi connectivity index (χ4v) is 3.69. The number of rotatable bonds is 2. The SMILES string of the molecule is CC(=O)N1c2ccc(-c3ccc(C(=O)O)cc3)cc2CC[C@@H]1C.N#Cc1ccc(N)nc1. The highest BCUT2D eigenvalue weighted by Gasteiger charge is 2.26. The van der Waals surface area contributed by atoms with Crippen molar-refractivity contribution in [1.29, 1.82) is 5.26 Å². The second-order valence-electron chi connectivity index (χ2n) is 7.59. The number of carboxylic acids is 1. The van der Waals surface area contributed by atoms with Gasteiger partial charge in [-0.15, -0.1) is 0 Å². The largest absolute Gasteiger partial charge is 0.478 e. The highest BCUT2D eigenvalue weighted by Crippen LogP contribution is 2.34. The molecule has 0 radical (unpaired) electrons. The number of aryl methyl sites for hydroxylation is 1. The molecule has 0 unspecified atom stereocenters. The number of amides is 1. The number of aromatic carboxylic acids is 1. The monoisotopic (exact) mass is 428 g/mol. The van der Waals surface area contributed by atoms with Gasteiger partial charge in [-0.2, -0.15) is 5.26 Å². The van der Waals surface area contributed by atoms with Crippen molar-refractivity contribution < 1.29 is 14.7 Å². The fraction of sp³-hybridized carbons (Fsp3) is 0.200. The summed E-state index contributed by atoms with van der Waals surface area (Å²) < 4.78 is 0. The quantitative estimate of drug-likeness (QED) is 0.629. The Morgan fingerprint density at radius 1 is 1.12 bits per heavy atom. The molecular formula is C25H24N4O3. The first-order valence-corrected chi connectivity index (χ1v) is 10.2. The maximum atomic E-state index is 11.9. The van der Waals surface area contributed by atoms with E-state index in [1.54, 1.807) is 31.2 Å². The lowest BCUT2D eigenvalue weighted by molar-refractivity contribution is -0.117. The van der Waals surface area contributed by atoms with E-state index in [0.29, 0.717) is 11.4 Å². The molecular weight excluding hydrogens is 404 g/mol. The van der Waals surface area contributed by atoms with E-state index in [0.717, 1.165) is 35.2 Å². The normalized spacial score (nSPS) is 14.4. The molecule has 0 spiro atoms. The molecule has 1 aromatic heterocycles. The van der Waals surface area contributed by atoms with E-state index >= 15 is 0 Å². The van der Waals surface area contributed by atoms with Gasteiger partial charge in [-0.25, -0.2) is 9.78 Å². The van der Waals surface area contributed by atoms with Crippen molar-refractivity contribution in [3.8, 4) is 17.2 Å². The number of hydrogen-bond donors (Lipinski definition) is 2. The Kier molecular flexibility index (Phi) is 6.86. The van der Waals surface area contributed by atoms with Gasteiger partial charge in [0.15, 0.2) is 0 Å². The van der Waals surface area contributed by atoms with Gasteiger partial charge in [0.25, 0.3) is 0 Å². The molecule has 4 rings (SSSR count). The number of aromatic nitrogens is 1. The van der Waals surface area contributed by atoms with Crippen LogP contribution in [0.5, 0.6) is 0 Å². The fourth-order valence-electron chi connectivity index (χ4n) is 3.69. The summed E-state index contributed by atoms with van der Waals surface area (Å²) in [6.07, 6.45) is 3.34. The highest BCUT2D eigenvalue weighted by molar-refractivity contribution is 5.94. The van der Waals surface area contributed by atoms with Crippen molar-refractivity contribution in [1.82, 2.24) is 4.98 Å². The van der Waals surface area contributed by atoms with E-state index in [1.807, 2.05) is 35.2 Å². The Hall–Kier alpha value is -4.18. The number of carboxylic acid groups (broad SMARTS) is 1. The van der Waals surface area contributed by atoms with Gasteiger partial charge in [0, 0.05) is 24.8 Å². The topological polar surface area (TPSA) is 120 Å². The zero-order valence-corrected chi connectivity index (χ0v) is 17.9. The molecule has 3 N–H and O–H groups in total. The van der Waals surface area contributed by atoms with Gasteiger partial charge in [0.1, 0.15) is 11.9 Å². The second kappa shape index (κ2) is 9.75. The number of fused-ring (bicyclic) bond motifs is 1.